The first kappa shape index (κ1) is 22.9. The van der Waals surface area contributed by atoms with E-state index in [0.717, 1.165) is 29.3 Å². The van der Waals surface area contributed by atoms with Crippen molar-refractivity contribution in [3.8, 4) is 0 Å². The molecule has 1 N–H and O–H groups in total. The molecule has 1 aliphatic heterocycles. The molecule has 1 aliphatic carbocycles. The van der Waals surface area contributed by atoms with E-state index in [1.165, 1.54) is 16.1 Å². The number of thioether (sulfide) groups is 1. The van der Waals surface area contributed by atoms with Gasteiger partial charge in [-0.15, -0.1) is 0 Å². The van der Waals surface area contributed by atoms with Crippen molar-refractivity contribution in [3.63, 3.8) is 0 Å². The smallest absolute Gasteiger partial charge is 0.252 e. The van der Waals surface area contributed by atoms with E-state index in [1.54, 1.807) is 31.2 Å². The van der Waals surface area contributed by atoms with Gasteiger partial charge < -0.3 is 5.32 Å². The minimum absolute atomic E-state index is 0.0448. The summed E-state index contributed by atoms with van der Waals surface area (Å²) in [4.78, 5) is 30.4. The molecule has 5 rings (SSSR count). The van der Waals surface area contributed by atoms with Gasteiger partial charge in [-0.25, -0.2) is 13.4 Å². The van der Waals surface area contributed by atoms with E-state index in [9.17, 15) is 18.0 Å². The number of anilines is 1. The number of benzene rings is 2. The normalized spacial score (nSPS) is 15.4. The highest BCUT2D eigenvalue weighted by atomic mass is 32.2. The average Bonchev–Trinajstić information content (AvgIpc) is 3.55. The fraction of sp³-hybridized carbons (Fsp3) is 0.320. The number of ketones is 1. The Hall–Kier alpha value is -2.91. The van der Waals surface area contributed by atoms with E-state index in [0.29, 0.717) is 34.8 Å². The molecular formula is C25H25N3O4S2. The minimum atomic E-state index is -3.32. The molecule has 1 saturated carbocycles. The molecule has 2 aromatic carbocycles. The molecule has 0 radical (unpaired) electrons. The van der Waals surface area contributed by atoms with E-state index in [4.69, 9.17) is 0 Å². The molecule has 0 saturated heterocycles. The van der Waals surface area contributed by atoms with E-state index < -0.39 is 10.0 Å². The van der Waals surface area contributed by atoms with Gasteiger partial charge in [-0.1, -0.05) is 30.0 Å². The maximum Gasteiger partial charge on any atom is 0.252 e. The number of nitrogens with one attached hydrogen (secondary N) is 1. The molecule has 1 amide bonds. The van der Waals surface area contributed by atoms with Gasteiger partial charge in [-0.3, -0.25) is 13.9 Å². The molecule has 0 unspecified atom stereocenters. The summed E-state index contributed by atoms with van der Waals surface area (Å²) < 4.78 is 26.0. The number of aromatic nitrogens is 1. The largest absolute Gasteiger partial charge is 0.349 e. The van der Waals surface area contributed by atoms with Crippen LogP contribution in [0.4, 0.5) is 5.69 Å². The third-order valence-electron chi connectivity index (χ3n) is 6.16. The van der Waals surface area contributed by atoms with E-state index in [-0.39, 0.29) is 29.2 Å². The number of hydrogen-bond donors (Lipinski definition) is 1. The lowest BCUT2D eigenvalue weighted by molar-refractivity contribution is 0.0951. The monoisotopic (exact) mass is 495 g/mol. The second-order valence-corrected chi connectivity index (χ2v) is 11.7. The van der Waals surface area contributed by atoms with Gasteiger partial charge in [0.1, 0.15) is 0 Å². The predicted octanol–water partition coefficient (Wildman–Crippen LogP) is 3.81. The van der Waals surface area contributed by atoms with Crippen molar-refractivity contribution in [1.82, 2.24) is 10.3 Å². The highest BCUT2D eigenvalue weighted by Gasteiger charge is 2.29. The Morgan fingerprint density at radius 1 is 1.15 bits per heavy atom. The molecule has 0 spiro atoms. The Kier molecular flexibility index (Phi) is 6.07. The predicted molar refractivity (Wildman–Crippen MR) is 134 cm³/mol. The zero-order valence-electron chi connectivity index (χ0n) is 18.8. The van der Waals surface area contributed by atoms with Crippen molar-refractivity contribution in [3.05, 3.63) is 65.2 Å². The van der Waals surface area contributed by atoms with Crippen molar-refractivity contribution in [2.24, 2.45) is 0 Å². The summed E-state index contributed by atoms with van der Waals surface area (Å²) in [7, 11) is -3.32. The molecule has 1 aromatic heterocycles. The van der Waals surface area contributed by atoms with Crippen LogP contribution in [0, 0.1) is 0 Å². The van der Waals surface area contributed by atoms with Gasteiger partial charge in [0, 0.05) is 23.5 Å². The number of carbonyl (C=O) groups excluding carboxylic acids is 2. The molecule has 1 fully saturated rings. The van der Waals surface area contributed by atoms with Gasteiger partial charge in [-0.05, 0) is 62.1 Å². The topological polar surface area (TPSA) is 96.4 Å². The summed E-state index contributed by atoms with van der Waals surface area (Å²) in [6, 6.07) is 14.7. The second kappa shape index (κ2) is 9.03. The van der Waals surface area contributed by atoms with Crippen molar-refractivity contribution >= 4 is 50.1 Å². The minimum Gasteiger partial charge on any atom is -0.349 e. The molecule has 3 aromatic rings. The number of rotatable bonds is 8. The number of pyridine rings is 1. The maximum atomic E-state index is 12.9. The van der Waals surface area contributed by atoms with Gasteiger partial charge in [0.2, 0.25) is 10.0 Å². The summed E-state index contributed by atoms with van der Waals surface area (Å²) in [6.45, 7) is 2.04. The Labute approximate surface area is 203 Å². The first-order valence-corrected chi connectivity index (χ1v) is 13.9. The van der Waals surface area contributed by atoms with Crippen LogP contribution in [-0.2, 0) is 16.4 Å². The van der Waals surface area contributed by atoms with Crippen molar-refractivity contribution in [2.75, 3.05) is 22.4 Å². The molecule has 2 heterocycles. The summed E-state index contributed by atoms with van der Waals surface area (Å²) in [5.41, 5.74) is 3.37. The highest BCUT2D eigenvalue weighted by Crippen LogP contribution is 2.32. The Morgan fingerprint density at radius 2 is 1.94 bits per heavy atom. The lowest BCUT2D eigenvalue weighted by Crippen LogP contribution is -2.30. The van der Waals surface area contributed by atoms with Gasteiger partial charge >= 0.3 is 0 Å². The number of amides is 1. The van der Waals surface area contributed by atoms with E-state index in [1.807, 2.05) is 24.3 Å². The van der Waals surface area contributed by atoms with Crippen LogP contribution < -0.4 is 9.62 Å². The Balaban J connectivity index is 1.34. The lowest BCUT2D eigenvalue weighted by Gasteiger charge is -2.18. The first-order chi connectivity index (χ1) is 16.4. The molecule has 9 heteroatoms. The second-order valence-electron chi connectivity index (χ2n) is 8.55. The summed E-state index contributed by atoms with van der Waals surface area (Å²) in [5.74, 6) is 0.0385. The number of sulfonamides is 1. The molecule has 176 valence electrons. The molecule has 7 nitrogen and oxygen atoms in total. The number of Topliss-reactive ketones (excluding diaryl/α,β-unsaturated/α-hetero) is 1. The number of hydrogen-bond acceptors (Lipinski definition) is 6. The Bertz CT molecular complexity index is 1400. The molecule has 0 atom stereocenters. The fourth-order valence-electron chi connectivity index (χ4n) is 4.12. The third kappa shape index (κ3) is 4.54. The molecule has 0 bridgehead atoms. The fourth-order valence-corrected chi connectivity index (χ4v) is 6.08. The van der Waals surface area contributed by atoms with Gasteiger partial charge in [0.25, 0.3) is 5.91 Å². The Morgan fingerprint density at radius 3 is 2.71 bits per heavy atom. The number of carbonyl (C=O) groups is 2. The standard InChI is InChI=1S/C25H25N3O4S2/c1-2-34(31,32)28-12-11-16-13-17(7-10-22(16)28)23(29)15-33-24-14-20(25(30)26-18-8-9-18)19-5-3-4-6-21(19)27-24/h3-7,10,13-14,18H,2,8-9,11-12,15H2,1H3,(H,26,30). The zero-order valence-corrected chi connectivity index (χ0v) is 20.4. The first-order valence-electron chi connectivity index (χ1n) is 11.4. The van der Waals surface area contributed by atoms with E-state index in [2.05, 4.69) is 10.3 Å². The van der Waals surface area contributed by atoms with Crippen LogP contribution in [0.2, 0.25) is 0 Å². The van der Waals surface area contributed by atoms with Gasteiger partial charge in [-0.2, -0.15) is 0 Å². The SMILES string of the molecule is CCS(=O)(=O)N1CCc2cc(C(=O)CSc3cc(C(=O)NC4CC4)c4ccccc4n3)ccc21. The summed E-state index contributed by atoms with van der Waals surface area (Å²) in [6.07, 6.45) is 2.61. The van der Waals surface area contributed by atoms with Gasteiger partial charge in [0.15, 0.2) is 5.78 Å². The van der Waals surface area contributed by atoms with Crippen LogP contribution in [-0.4, -0.2) is 49.2 Å². The molecule has 2 aliphatic rings. The average molecular weight is 496 g/mol. The van der Waals surface area contributed by atoms with Gasteiger partial charge in [0.05, 0.1) is 33.3 Å². The molecular weight excluding hydrogens is 470 g/mol. The van der Waals surface area contributed by atoms with Crippen LogP contribution in [0.1, 0.15) is 46.0 Å². The van der Waals surface area contributed by atoms with Crippen LogP contribution in [0.15, 0.2) is 53.6 Å². The van der Waals surface area contributed by atoms with Crippen LogP contribution in [0.5, 0.6) is 0 Å². The number of fused-ring (bicyclic) bond motifs is 2. The van der Waals surface area contributed by atoms with Crippen molar-refractivity contribution < 1.29 is 18.0 Å². The van der Waals surface area contributed by atoms with Crippen LogP contribution >= 0.6 is 11.8 Å². The highest BCUT2D eigenvalue weighted by molar-refractivity contribution is 7.99. The lowest BCUT2D eigenvalue weighted by atomic mass is 10.1. The van der Waals surface area contributed by atoms with Crippen molar-refractivity contribution in [1.29, 1.82) is 0 Å². The summed E-state index contributed by atoms with van der Waals surface area (Å²) in [5, 5.41) is 4.45. The summed E-state index contributed by atoms with van der Waals surface area (Å²) >= 11 is 1.30. The number of nitrogens with zero attached hydrogens (tertiary/aromatic N) is 2. The quantitative estimate of drug-likeness (QED) is 0.377. The zero-order chi connectivity index (χ0) is 23.9. The third-order valence-corrected chi connectivity index (χ3v) is 8.85. The molecule has 34 heavy (non-hydrogen) atoms. The maximum absolute atomic E-state index is 12.9. The van der Waals surface area contributed by atoms with Crippen LogP contribution in [0.25, 0.3) is 10.9 Å². The number of para-hydroxylation sites is 1. The van der Waals surface area contributed by atoms with Crippen LogP contribution in [0.3, 0.4) is 0 Å². The van der Waals surface area contributed by atoms with E-state index >= 15 is 0 Å². The van der Waals surface area contributed by atoms with Crippen molar-refractivity contribution in [2.45, 2.75) is 37.3 Å².